The first-order valence-corrected chi connectivity index (χ1v) is 7.22. The van der Waals surface area contributed by atoms with Gasteiger partial charge in [0, 0.05) is 24.7 Å². The van der Waals surface area contributed by atoms with Crippen LogP contribution in [0.1, 0.15) is 6.42 Å². The number of rotatable bonds is 9. The molecule has 0 radical (unpaired) electrons. The molecule has 0 aliphatic carbocycles. The Labute approximate surface area is 127 Å². The second kappa shape index (κ2) is 9.74. The van der Waals surface area contributed by atoms with Gasteiger partial charge in [0.1, 0.15) is 5.75 Å². The summed E-state index contributed by atoms with van der Waals surface area (Å²) < 4.78 is 11.4. The van der Waals surface area contributed by atoms with E-state index in [9.17, 15) is 4.79 Å². The number of amides is 1. The fourth-order valence-corrected chi connectivity index (χ4v) is 2.03. The van der Waals surface area contributed by atoms with Crippen LogP contribution in [0.4, 0.5) is 0 Å². The van der Waals surface area contributed by atoms with Gasteiger partial charge in [0.25, 0.3) is 0 Å². The molecule has 0 spiro atoms. The number of carbonyl (C=O) groups excluding carboxylic acids is 1. The molecule has 112 valence electrons. The zero-order valence-corrected chi connectivity index (χ0v) is 13.1. The minimum absolute atomic E-state index is 0.0499. The fourth-order valence-electron chi connectivity index (χ4n) is 1.65. The van der Waals surface area contributed by atoms with Gasteiger partial charge in [-0.2, -0.15) is 0 Å². The summed E-state index contributed by atoms with van der Waals surface area (Å²) in [5.41, 5.74) is 0. The maximum absolute atomic E-state index is 12.0. The molecule has 0 heterocycles. The molecule has 1 rings (SSSR count). The Morgan fingerprint density at radius 1 is 1.35 bits per heavy atom. The van der Waals surface area contributed by atoms with Crippen molar-refractivity contribution in [3.8, 4) is 5.75 Å². The standard InChI is InChI=1S/C14H20BrNO4/c1-19-10-7-16(6-8-17)14(18)5-9-20-13-4-2-3-12(15)11-13/h2-4,11,17H,5-10H2,1H3. The molecule has 20 heavy (non-hydrogen) atoms. The van der Waals surface area contributed by atoms with Gasteiger partial charge in [-0.1, -0.05) is 22.0 Å². The van der Waals surface area contributed by atoms with Crippen LogP contribution in [0.2, 0.25) is 0 Å². The van der Waals surface area contributed by atoms with Gasteiger partial charge in [-0.25, -0.2) is 0 Å². The van der Waals surface area contributed by atoms with E-state index in [1.165, 1.54) is 0 Å². The summed E-state index contributed by atoms with van der Waals surface area (Å²) >= 11 is 3.36. The number of halogens is 1. The summed E-state index contributed by atoms with van der Waals surface area (Å²) in [5, 5.41) is 8.95. The maximum atomic E-state index is 12.0. The number of carbonyl (C=O) groups is 1. The van der Waals surface area contributed by atoms with Crippen molar-refractivity contribution >= 4 is 21.8 Å². The topological polar surface area (TPSA) is 59.0 Å². The largest absolute Gasteiger partial charge is 0.493 e. The number of ether oxygens (including phenoxy) is 2. The van der Waals surface area contributed by atoms with E-state index in [0.29, 0.717) is 26.3 Å². The van der Waals surface area contributed by atoms with Gasteiger partial charge >= 0.3 is 0 Å². The summed E-state index contributed by atoms with van der Waals surface area (Å²) in [5.74, 6) is 0.670. The van der Waals surface area contributed by atoms with Crippen molar-refractivity contribution in [1.29, 1.82) is 0 Å². The van der Waals surface area contributed by atoms with Crippen LogP contribution < -0.4 is 4.74 Å². The predicted molar refractivity (Wildman–Crippen MR) is 79.8 cm³/mol. The highest BCUT2D eigenvalue weighted by molar-refractivity contribution is 9.10. The Kier molecular flexibility index (Phi) is 8.25. The molecule has 1 amide bonds. The molecule has 0 unspecified atom stereocenters. The predicted octanol–water partition coefficient (Wildman–Crippen LogP) is 1.69. The zero-order valence-electron chi connectivity index (χ0n) is 11.5. The molecule has 0 saturated heterocycles. The Morgan fingerprint density at radius 3 is 2.80 bits per heavy atom. The van der Waals surface area contributed by atoms with Crippen LogP contribution in [-0.2, 0) is 9.53 Å². The molecule has 1 N–H and O–H groups in total. The molecule has 0 aliphatic heterocycles. The Hall–Kier alpha value is -1.11. The number of hydrogen-bond acceptors (Lipinski definition) is 4. The molecule has 0 bridgehead atoms. The summed E-state index contributed by atoms with van der Waals surface area (Å²) in [6.07, 6.45) is 0.274. The van der Waals surface area contributed by atoms with Gasteiger partial charge in [0.15, 0.2) is 0 Å². The minimum Gasteiger partial charge on any atom is -0.493 e. The zero-order chi connectivity index (χ0) is 14.8. The number of hydrogen-bond donors (Lipinski definition) is 1. The van der Waals surface area contributed by atoms with E-state index >= 15 is 0 Å². The van der Waals surface area contributed by atoms with Gasteiger partial charge in [-0.05, 0) is 18.2 Å². The van der Waals surface area contributed by atoms with Crippen molar-refractivity contribution in [2.24, 2.45) is 0 Å². The second-order valence-corrected chi connectivity index (χ2v) is 5.07. The SMILES string of the molecule is COCCN(CCO)C(=O)CCOc1cccc(Br)c1. The first-order chi connectivity index (χ1) is 9.67. The highest BCUT2D eigenvalue weighted by Crippen LogP contribution is 2.17. The van der Waals surface area contributed by atoms with Crippen LogP contribution in [0.25, 0.3) is 0 Å². The minimum atomic E-state index is -0.0536. The van der Waals surface area contributed by atoms with Crippen LogP contribution in [0.3, 0.4) is 0 Å². The molecular weight excluding hydrogens is 326 g/mol. The van der Waals surface area contributed by atoms with Crippen molar-refractivity contribution in [3.63, 3.8) is 0 Å². The van der Waals surface area contributed by atoms with Crippen molar-refractivity contribution in [3.05, 3.63) is 28.7 Å². The second-order valence-electron chi connectivity index (χ2n) is 4.15. The molecule has 0 atom stereocenters. The molecule has 1 aromatic carbocycles. The normalized spacial score (nSPS) is 10.3. The number of nitrogens with zero attached hydrogens (tertiary/aromatic N) is 1. The van der Waals surface area contributed by atoms with Crippen LogP contribution in [-0.4, -0.2) is 55.9 Å². The van der Waals surface area contributed by atoms with E-state index in [-0.39, 0.29) is 18.9 Å². The molecule has 0 aromatic heterocycles. The molecule has 0 fully saturated rings. The van der Waals surface area contributed by atoms with Crippen molar-refractivity contribution in [1.82, 2.24) is 4.90 Å². The van der Waals surface area contributed by atoms with E-state index in [1.54, 1.807) is 12.0 Å². The lowest BCUT2D eigenvalue weighted by atomic mass is 10.3. The fraction of sp³-hybridized carbons (Fsp3) is 0.500. The van der Waals surface area contributed by atoms with E-state index in [4.69, 9.17) is 14.6 Å². The number of aliphatic hydroxyl groups excluding tert-OH is 1. The van der Waals surface area contributed by atoms with Gasteiger partial charge < -0.3 is 19.5 Å². The van der Waals surface area contributed by atoms with E-state index in [1.807, 2.05) is 24.3 Å². The summed E-state index contributed by atoms with van der Waals surface area (Å²) in [7, 11) is 1.58. The Morgan fingerprint density at radius 2 is 2.15 bits per heavy atom. The average Bonchev–Trinajstić information content (AvgIpc) is 2.43. The maximum Gasteiger partial charge on any atom is 0.226 e. The lowest BCUT2D eigenvalue weighted by Gasteiger charge is -2.21. The Bertz CT molecular complexity index is 414. The van der Waals surface area contributed by atoms with Gasteiger partial charge in [-0.3, -0.25) is 4.79 Å². The van der Waals surface area contributed by atoms with Gasteiger partial charge in [0.2, 0.25) is 5.91 Å². The van der Waals surface area contributed by atoms with Crippen molar-refractivity contribution < 1.29 is 19.4 Å². The third-order valence-electron chi connectivity index (χ3n) is 2.67. The summed E-state index contributed by atoms with van der Waals surface area (Å²) in [4.78, 5) is 13.5. The molecule has 5 nitrogen and oxygen atoms in total. The lowest BCUT2D eigenvalue weighted by Crippen LogP contribution is -2.36. The average molecular weight is 346 g/mol. The number of methoxy groups -OCH3 is 1. The van der Waals surface area contributed by atoms with Crippen LogP contribution in [0.15, 0.2) is 28.7 Å². The number of benzene rings is 1. The first-order valence-electron chi connectivity index (χ1n) is 6.43. The lowest BCUT2D eigenvalue weighted by molar-refractivity contribution is -0.132. The third-order valence-corrected chi connectivity index (χ3v) is 3.16. The van der Waals surface area contributed by atoms with Crippen molar-refractivity contribution in [2.75, 3.05) is 40.0 Å². The summed E-state index contributed by atoms with van der Waals surface area (Å²) in [6.45, 7) is 1.51. The molecule has 0 saturated carbocycles. The quantitative estimate of drug-likeness (QED) is 0.739. The highest BCUT2D eigenvalue weighted by Gasteiger charge is 2.12. The smallest absolute Gasteiger partial charge is 0.226 e. The van der Waals surface area contributed by atoms with Crippen molar-refractivity contribution in [2.45, 2.75) is 6.42 Å². The van der Waals surface area contributed by atoms with E-state index < -0.39 is 0 Å². The first kappa shape index (κ1) is 16.9. The van der Waals surface area contributed by atoms with Gasteiger partial charge in [-0.15, -0.1) is 0 Å². The molecular formula is C14H20BrNO4. The summed E-state index contributed by atoms with van der Waals surface area (Å²) in [6, 6.07) is 7.47. The molecule has 6 heteroatoms. The Balaban J connectivity index is 2.36. The monoisotopic (exact) mass is 345 g/mol. The van der Waals surface area contributed by atoms with Crippen LogP contribution in [0, 0.1) is 0 Å². The van der Waals surface area contributed by atoms with E-state index in [0.717, 1.165) is 10.2 Å². The third kappa shape index (κ3) is 6.36. The van der Waals surface area contributed by atoms with Gasteiger partial charge in [0.05, 0.1) is 26.2 Å². The van der Waals surface area contributed by atoms with Crippen LogP contribution in [0.5, 0.6) is 5.75 Å². The molecule has 1 aromatic rings. The number of aliphatic hydroxyl groups is 1. The molecule has 0 aliphatic rings. The van der Waals surface area contributed by atoms with Crippen LogP contribution >= 0.6 is 15.9 Å². The highest BCUT2D eigenvalue weighted by atomic mass is 79.9. The van der Waals surface area contributed by atoms with E-state index in [2.05, 4.69) is 15.9 Å².